The van der Waals surface area contributed by atoms with Gasteiger partial charge in [-0.05, 0) is 49.9 Å². The van der Waals surface area contributed by atoms with Gasteiger partial charge in [-0.3, -0.25) is 9.59 Å². The maximum absolute atomic E-state index is 12.5. The minimum atomic E-state index is -0.195. The predicted octanol–water partition coefficient (Wildman–Crippen LogP) is 5.49. The van der Waals surface area contributed by atoms with E-state index < -0.39 is 0 Å². The van der Waals surface area contributed by atoms with Gasteiger partial charge in [-0.25, -0.2) is 4.98 Å². The fourth-order valence-corrected chi connectivity index (χ4v) is 4.17. The zero-order chi connectivity index (χ0) is 22.5. The Morgan fingerprint density at radius 3 is 2.72 bits per heavy atom. The lowest BCUT2D eigenvalue weighted by Crippen LogP contribution is -2.32. The standard InChI is InChI=1S/C25H26N2O4S/c1-16(27-17(2)28)10-23(29)20-11-24(32-15-20)19-8-9-25(26-13-19)31-22-5-3-4-21(12-22)30-14-18-6-7-18/h3-5,8-9,11-13,15-16,18H,6-7,10,14H2,1-2H3,(H,27,28). The van der Waals surface area contributed by atoms with E-state index in [1.807, 2.05) is 54.8 Å². The molecule has 1 aliphatic carbocycles. The van der Waals surface area contributed by atoms with Gasteiger partial charge in [0.25, 0.3) is 0 Å². The monoisotopic (exact) mass is 450 g/mol. The molecule has 0 bridgehead atoms. The Morgan fingerprint density at radius 2 is 2.00 bits per heavy atom. The minimum absolute atomic E-state index is 0.00505. The molecule has 4 rings (SSSR count). The second-order valence-electron chi connectivity index (χ2n) is 8.14. The first-order chi connectivity index (χ1) is 15.5. The zero-order valence-corrected chi connectivity index (χ0v) is 19.0. The van der Waals surface area contributed by atoms with E-state index in [0.717, 1.165) is 22.8 Å². The van der Waals surface area contributed by atoms with Crippen molar-refractivity contribution in [1.82, 2.24) is 10.3 Å². The van der Waals surface area contributed by atoms with Crippen LogP contribution < -0.4 is 14.8 Å². The van der Waals surface area contributed by atoms with E-state index >= 15 is 0 Å². The summed E-state index contributed by atoms with van der Waals surface area (Å²) in [6, 6.07) is 13.0. The number of hydrogen-bond acceptors (Lipinski definition) is 6. The van der Waals surface area contributed by atoms with Crippen molar-refractivity contribution in [1.29, 1.82) is 0 Å². The van der Waals surface area contributed by atoms with Crippen molar-refractivity contribution in [2.45, 2.75) is 39.2 Å². The number of aromatic nitrogens is 1. The lowest BCUT2D eigenvalue weighted by atomic mass is 10.1. The van der Waals surface area contributed by atoms with E-state index in [1.165, 1.54) is 31.1 Å². The molecule has 1 saturated carbocycles. The molecule has 0 aliphatic heterocycles. The molecule has 166 valence electrons. The van der Waals surface area contributed by atoms with Gasteiger partial charge in [-0.1, -0.05) is 6.07 Å². The van der Waals surface area contributed by atoms with Gasteiger partial charge in [0.15, 0.2) is 5.78 Å². The first-order valence-electron chi connectivity index (χ1n) is 10.7. The molecule has 1 fully saturated rings. The Labute approximate surface area is 191 Å². The quantitative estimate of drug-likeness (QED) is 0.413. The number of nitrogens with one attached hydrogen (secondary N) is 1. The van der Waals surface area contributed by atoms with Gasteiger partial charge in [-0.2, -0.15) is 0 Å². The molecule has 1 atom stereocenters. The first kappa shape index (κ1) is 22.0. The van der Waals surface area contributed by atoms with E-state index in [0.29, 0.717) is 23.1 Å². The van der Waals surface area contributed by atoms with Crippen molar-refractivity contribution in [2.24, 2.45) is 5.92 Å². The largest absolute Gasteiger partial charge is 0.493 e. The van der Waals surface area contributed by atoms with Crippen LogP contribution in [0.15, 0.2) is 54.0 Å². The third-order valence-electron chi connectivity index (χ3n) is 5.09. The van der Waals surface area contributed by atoms with Crippen molar-refractivity contribution in [3.63, 3.8) is 0 Å². The minimum Gasteiger partial charge on any atom is -0.493 e. The molecule has 0 radical (unpaired) electrons. The van der Waals surface area contributed by atoms with E-state index in [2.05, 4.69) is 10.3 Å². The second kappa shape index (κ2) is 9.96. The molecule has 32 heavy (non-hydrogen) atoms. The molecule has 1 amide bonds. The van der Waals surface area contributed by atoms with E-state index in [1.54, 1.807) is 6.20 Å². The Balaban J connectivity index is 1.36. The maximum Gasteiger partial charge on any atom is 0.219 e. The van der Waals surface area contributed by atoms with Gasteiger partial charge in [0.1, 0.15) is 11.5 Å². The zero-order valence-electron chi connectivity index (χ0n) is 18.2. The van der Waals surface area contributed by atoms with Crippen LogP contribution in [0.25, 0.3) is 10.4 Å². The van der Waals surface area contributed by atoms with Crippen LogP contribution in [0, 0.1) is 5.92 Å². The number of Topliss-reactive ketones (excluding diaryl/α,β-unsaturated/α-hetero) is 1. The Kier molecular flexibility index (Phi) is 6.85. The van der Waals surface area contributed by atoms with E-state index in [9.17, 15) is 9.59 Å². The van der Waals surface area contributed by atoms with Gasteiger partial charge in [-0.15, -0.1) is 11.3 Å². The number of carbonyl (C=O) groups excluding carboxylic acids is 2. The van der Waals surface area contributed by atoms with Crippen LogP contribution in [0.4, 0.5) is 0 Å². The molecule has 1 unspecified atom stereocenters. The summed E-state index contributed by atoms with van der Waals surface area (Å²) in [5.41, 5.74) is 1.56. The Bertz CT molecular complexity index is 1090. The normalized spacial score (nSPS) is 13.9. The van der Waals surface area contributed by atoms with Crippen molar-refractivity contribution < 1.29 is 19.1 Å². The number of benzene rings is 1. The number of ketones is 1. The van der Waals surface area contributed by atoms with Crippen LogP contribution in [-0.2, 0) is 4.79 Å². The third kappa shape index (κ3) is 6.17. The second-order valence-corrected chi connectivity index (χ2v) is 9.06. The average molecular weight is 451 g/mol. The predicted molar refractivity (Wildman–Crippen MR) is 125 cm³/mol. The summed E-state index contributed by atoms with van der Waals surface area (Å²) >= 11 is 1.49. The molecule has 1 aromatic carbocycles. The fraction of sp³-hybridized carbons (Fsp3) is 0.320. The third-order valence-corrected chi connectivity index (χ3v) is 6.07. The van der Waals surface area contributed by atoms with Crippen LogP contribution in [0.2, 0.25) is 0 Å². The molecule has 0 spiro atoms. The van der Waals surface area contributed by atoms with Crippen LogP contribution >= 0.6 is 11.3 Å². The number of rotatable bonds is 10. The number of thiophene rings is 1. The number of pyridine rings is 1. The molecule has 1 aliphatic rings. The molecule has 2 aromatic heterocycles. The molecule has 3 aromatic rings. The van der Waals surface area contributed by atoms with Crippen LogP contribution in [-0.4, -0.2) is 29.3 Å². The molecule has 2 heterocycles. The van der Waals surface area contributed by atoms with Gasteiger partial charge in [0.2, 0.25) is 11.8 Å². The van der Waals surface area contributed by atoms with Crippen LogP contribution in [0.3, 0.4) is 0 Å². The summed E-state index contributed by atoms with van der Waals surface area (Å²) in [6.45, 7) is 4.03. The van der Waals surface area contributed by atoms with E-state index in [-0.39, 0.29) is 24.2 Å². The lowest BCUT2D eigenvalue weighted by Gasteiger charge is -2.10. The van der Waals surface area contributed by atoms with Crippen molar-refractivity contribution in [2.75, 3.05) is 6.61 Å². The number of carbonyl (C=O) groups is 2. The highest BCUT2D eigenvalue weighted by molar-refractivity contribution is 7.13. The van der Waals surface area contributed by atoms with E-state index in [4.69, 9.17) is 9.47 Å². The number of nitrogens with zero attached hydrogens (tertiary/aromatic N) is 1. The van der Waals surface area contributed by atoms with Crippen LogP contribution in [0.1, 0.15) is 43.5 Å². The molecule has 1 N–H and O–H groups in total. The highest BCUT2D eigenvalue weighted by Crippen LogP contribution is 2.32. The number of amides is 1. The first-order valence-corrected chi connectivity index (χ1v) is 11.6. The van der Waals surface area contributed by atoms with Crippen molar-refractivity contribution in [3.05, 3.63) is 59.6 Å². The molecule has 6 nitrogen and oxygen atoms in total. The fourth-order valence-electron chi connectivity index (χ4n) is 3.26. The van der Waals surface area contributed by atoms with Gasteiger partial charge in [0.05, 0.1) is 6.61 Å². The number of ether oxygens (including phenoxy) is 2. The Morgan fingerprint density at radius 1 is 1.19 bits per heavy atom. The summed E-state index contributed by atoms with van der Waals surface area (Å²) in [4.78, 5) is 29.0. The van der Waals surface area contributed by atoms with Gasteiger partial charge in [0, 0.05) is 59.1 Å². The van der Waals surface area contributed by atoms with Crippen LogP contribution in [0.5, 0.6) is 17.4 Å². The highest BCUT2D eigenvalue weighted by Gasteiger charge is 2.22. The average Bonchev–Trinajstić information content (AvgIpc) is 3.46. The van der Waals surface area contributed by atoms with Gasteiger partial charge >= 0.3 is 0 Å². The molecule has 7 heteroatoms. The lowest BCUT2D eigenvalue weighted by molar-refractivity contribution is -0.119. The molecular formula is C25H26N2O4S. The van der Waals surface area contributed by atoms with Gasteiger partial charge < -0.3 is 14.8 Å². The summed E-state index contributed by atoms with van der Waals surface area (Å²) in [5.74, 6) is 2.53. The molecule has 0 saturated heterocycles. The summed E-state index contributed by atoms with van der Waals surface area (Å²) in [6.07, 6.45) is 4.51. The maximum atomic E-state index is 12.5. The summed E-state index contributed by atoms with van der Waals surface area (Å²) < 4.78 is 11.7. The number of hydrogen-bond donors (Lipinski definition) is 1. The topological polar surface area (TPSA) is 77.5 Å². The summed E-state index contributed by atoms with van der Waals surface area (Å²) in [5, 5.41) is 4.58. The molecular weight excluding hydrogens is 424 g/mol. The van der Waals surface area contributed by atoms with Crippen molar-refractivity contribution >= 4 is 23.0 Å². The Hall–Kier alpha value is -3.19. The smallest absolute Gasteiger partial charge is 0.219 e. The highest BCUT2D eigenvalue weighted by atomic mass is 32.1. The summed E-state index contributed by atoms with van der Waals surface area (Å²) in [7, 11) is 0. The van der Waals surface area contributed by atoms with Crippen molar-refractivity contribution in [3.8, 4) is 27.8 Å². The SMILES string of the molecule is CC(=O)NC(C)CC(=O)c1csc(-c2ccc(Oc3cccc(OCC4CC4)c3)nc2)c1.